The summed E-state index contributed by atoms with van der Waals surface area (Å²) in [5.41, 5.74) is 1.16. The fourth-order valence-electron chi connectivity index (χ4n) is 3.62. The molecule has 1 aromatic carbocycles. The van der Waals surface area contributed by atoms with Gasteiger partial charge in [-0.2, -0.15) is 0 Å². The lowest BCUT2D eigenvalue weighted by molar-refractivity contribution is -0.114. The number of alkyl halides is 2. The van der Waals surface area contributed by atoms with Crippen LogP contribution in [-0.4, -0.2) is 34.1 Å². The minimum Gasteiger partial charge on any atom is -0.387 e. The lowest BCUT2D eigenvalue weighted by Crippen LogP contribution is -2.45. The lowest BCUT2D eigenvalue weighted by Gasteiger charge is -2.40. The van der Waals surface area contributed by atoms with Crippen molar-refractivity contribution in [2.24, 2.45) is 0 Å². The normalized spacial score (nSPS) is 33.6. The number of piperidine rings is 1. The van der Waals surface area contributed by atoms with Crippen molar-refractivity contribution in [3.63, 3.8) is 0 Å². The van der Waals surface area contributed by atoms with Crippen molar-refractivity contribution in [2.75, 3.05) is 0 Å². The third-order valence-corrected chi connectivity index (χ3v) is 4.71. The minimum absolute atomic E-state index is 0.0809. The summed E-state index contributed by atoms with van der Waals surface area (Å²) in [5.74, 6) is -2.95. The molecule has 3 rings (SSSR count). The number of halogens is 2. The first-order chi connectivity index (χ1) is 9.56. The van der Waals surface area contributed by atoms with Crippen molar-refractivity contribution in [1.82, 2.24) is 4.90 Å². The van der Waals surface area contributed by atoms with Crippen LogP contribution in [-0.2, 0) is 6.54 Å². The average Bonchev–Trinajstić information content (AvgIpc) is 2.47. The second-order valence-corrected chi connectivity index (χ2v) is 6.11. The van der Waals surface area contributed by atoms with Gasteiger partial charge in [0.15, 0.2) is 0 Å². The van der Waals surface area contributed by atoms with E-state index >= 15 is 0 Å². The molecular weight excluding hydrogens is 260 g/mol. The molecule has 20 heavy (non-hydrogen) atoms. The van der Waals surface area contributed by atoms with Crippen LogP contribution < -0.4 is 0 Å². The summed E-state index contributed by atoms with van der Waals surface area (Å²) in [7, 11) is 0. The highest BCUT2D eigenvalue weighted by molar-refractivity contribution is 5.15. The van der Waals surface area contributed by atoms with Crippen LogP contribution in [0.25, 0.3) is 0 Å². The Morgan fingerprint density at radius 1 is 1.15 bits per heavy atom. The molecule has 0 saturated carbocycles. The number of fused-ring (bicyclic) bond motifs is 2. The predicted molar refractivity (Wildman–Crippen MR) is 73.6 cm³/mol. The van der Waals surface area contributed by atoms with Crippen LogP contribution in [0.2, 0.25) is 0 Å². The van der Waals surface area contributed by atoms with Crippen LogP contribution in [0.3, 0.4) is 0 Å². The van der Waals surface area contributed by atoms with Crippen LogP contribution in [0.15, 0.2) is 30.3 Å². The van der Waals surface area contributed by atoms with Gasteiger partial charge >= 0.3 is 0 Å². The van der Waals surface area contributed by atoms with E-state index in [-0.39, 0.29) is 24.9 Å². The molecule has 2 nitrogen and oxygen atoms in total. The minimum atomic E-state index is -2.95. The lowest BCUT2D eigenvalue weighted by atomic mass is 9.93. The predicted octanol–water partition coefficient (Wildman–Crippen LogP) is 3.20. The van der Waals surface area contributed by atoms with E-state index in [1.165, 1.54) is 0 Å². The fraction of sp³-hybridized carbons (Fsp3) is 0.625. The van der Waals surface area contributed by atoms with E-state index in [9.17, 15) is 13.9 Å². The molecule has 2 aliphatic rings. The van der Waals surface area contributed by atoms with E-state index in [1.807, 2.05) is 30.3 Å². The van der Waals surface area contributed by atoms with Gasteiger partial charge in [0.1, 0.15) is 6.10 Å². The second-order valence-electron chi connectivity index (χ2n) is 6.11. The molecule has 2 saturated heterocycles. The van der Waals surface area contributed by atoms with Crippen molar-refractivity contribution in [3.8, 4) is 0 Å². The third kappa shape index (κ3) is 2.72. The summed E-state index contributed by atoms with van der Waals surface area (Å²) in [5, 5.41) is 9.77. The Kier molecular flexibility index (Phi) is 3.78. The zero-order chi connectivity index (χ0) is 14.2. The van der Waals surface area contributed by atoms with E-state index in [0.29, 0.717) is 6.54 Å². The molecule has 1 N–H and O–H groups in total. The van der Waals surface area contributed by atoms with Crippen molar-refractivity contribution in [1.29, 1.82) is 0 Å². The summed E-state index contributed by atoms with van der Waals surface area (Å²) in [6.45, 7) is 0.707. The first kappa shape index (κ1) is 14.0. The second kappa shape index (κ2) is 5.41. The number of aliphatic hydroxyl groups is 1. The van der Waals surface area contributed by atoms with Crippen LogP contribution in [0.1, 0.15) is 37.7 Å². The number of hydrogen-bond donors (Lipinski definition) is 1. The van der Waals surface area contributed by atoms with Crippen LogP contribution >= 0.6 is 0 Å². The Morgan fingerprint density at radius 3 is 2.60 bits per heavy atom. The number of hydrogen-bond acceptors (Lipinski definition) is 2. The molecule has 2 aliphatic heterocycles. The summed E-state index contributed by atoms with van der Waals surface area (Å²) in [4.78, 5) is 2.20. The van der Waals surface area contributed by atoms with Gasteiger partial charge in [0.25, 0.3) is 5.92 Å². The Labute approximate surface area is 118 Å². The van der Waals surface area contributed by atoms with E-state index < -0.39 is 12.0 Å². The average molecular weight is 281 g/mol. The molecule has 0 aromatic heterocycles. The largest absolute Gasteiger partial charge is 0.387 e. The molecule has 0 radical (unpaired) electrons. The van der Waals surface area contributed by atoms with Gasteiger partial charge in [0, 0.05) is 25.0 Å². The molecular formula is C16H21F2NO. The molecule has 4 heteroatoms. The Bertz CT molecular complexity index is 451. The van der Waals surface area contributed by atoms with E-state index in [4.69, 9.17) is 0 Å². The fourth-order valence-corrected chi connectivity index (χ4v) is 3.62. The molecule has 0 aliphatic carbocycles. The van der Waals surface area contributed by atoms with Crippen molar-refractivity contribution in [3.05, 3.63) is 35.9 Å². The molecule has 0 spiro atoms. The van der Waals surface area contributed by atoms with E-state index in [1.54, 1.807) is 0 Å². The highest BCUT2D eigenvalue weighted by Gasteiger charge is 2.48. The van der Waals surface area contributed by atoms with Crippen molar-refractivity contribution in [2.45, 2.75) is 62.8 Å². The molecule has 0 amide bonds. The first-order valence-corrected chi connectivity index (χ1v) is 7.42. The van der Waals surface area contributed by atoms with Gasteiger partial charge in [-0.1, -0.05) is 36.8 Å². The number of rotatable bonds is 2. The summed E-state index contributed by atoms with van der Waals surface area (Å²) < 4.78 is 27.9. The maximum atomic E-state index is 13.9. The Hall–Kier alpha value is -1.00. The molecule has 110 valence electrons. The quantitative estimate of drug-likeness (QED) is 0.900. The van der Waals surface area contributed by atoms with Gasteiger partial charge in [-0.25, -0.2) is 8.78 Å². The smallest absolute Gasteiger partial charge is 0.275 e. The molecule has 2 fully saturated rings. The first-order valence-electron chi connectivity index (χ1n) is 7.42. The Morgan fingerprint density at radius 2 is 1.85 bits per heavy atom. The maximum absolute atomic E-state index is 13.9. The zero-order valence-corrected chi connectivity index (χ0v) is 11.5. The molecule has 3 unspecified atom stereocenters. The number of nitrogens with zero attached hydrogens (tertiary/aromatic N) is 1. The standard InChI is InChI=1S/C16H21F2NO/c17-16(18)10-14-8-4-7-13(9-15(16)20)19(14)11-12-5-2-1-3-6-12/h1-3,5-6,13-15,20H,4,7-11H2. The number of benzene rings is 1. The van der Waals surface area contributed by atoms with Crippen LogP contribution in [0.5, 0.6) is 0 Å². The molecule has 3 atom stereocenters. The van der Waals surface area contributed by atoms with Crippen molar-refractivity contribution >= 4 is 0 Å². The SMILES string of the molecule is OC1CC2CCCC(CC1(F)F)N2Cc1ccccc1. The third-order valence-electron chi connectivity index (χ3n) is 4.71. The summed E-state index contributed by atoms with van der Waals surface area (Å²) >= 11 is 0. The Balaban J connectivity index is 1.82. The monoisotopic (exact) mass is 281 g/mol. The topological polar surface area (TPSA) is 23.5 Å². The van der Waals surface area contributed by atoms with Gasteiger partial charge in [0.05, 0.1) is 0 Å². The highest BCUT2D eigenvalue weighted by atomic mass is 19.3. The van der Waals surface area contributed by atoms with Crippen molar-refractivity contribution < 1.29 is 13.9 Å². The summed E-state index contributed by atoms with van der Waals surface area (Å²) in [6.07, 6.45) is 1.20. The highest BCUT2D eigenvalue weighted by Crippen LogP contribution is 2.40. The van der Waals surface area contributed by atoms with Crippen LogP contribution in [0.4, 0.5) is 8.78 Å². The molecule has 2 heterocycles. The molecule has 2 bridgehead atoms. The molecule has 1 aromatic rings. The van der Waals surface area contributed by atoms with Crippen LogP contribution in [0, 0.1) is 0 Å². The van der Waals surface area contributed by atoms with E-state index in [0.717, 1.165) is 24.8 Å². The zero-order valence-electron chi connectivity index (χ0n) is 11.5. The van der Waals surface area contributed by atoms with Gasteiger partial charge in [-0.15, -0.1) is 0 Å². The maximum Gasteiger partial charge on any atom is 0.275 e. The summed E-state index contributed by atoms with van der Waals surface area (Å²) in [6, 6.07) is 9.96. The number of aliphatic hydroxyl groups excluding tert-OH is 1. The van der Waals surface area contributed by atoms with E-state index in [2.05, 4.69) is 4.90 Å². The van der Waals surface area contributed by atoms with Gasteiger partial charge < -0.3 is 5.11 Å². The van der Waals surface area contributed by atoms with Gasteiger partial charge in [-0.05, 0) is 24.8 Å². The van der Waals surface area contributed by atoms with Gasteiger partial charge in [-0.3, -0.25) is 4.90 Å². The van der Waals surface area contributed by atoms with Gasteiger partial charge in [0.2, 0.25) is 0 Å².